The Hall–Kier alpha value is -3.45. The summed E-state index contributed by atoms with van der Waals surface area (Å²) in [6, 6.07) is 15.2. The Kier molecular flexibility index (Phi) is 6.37. The summed E-state index contributed by atoms with van der Waals surface area (Å²) in [6.45, 7) is 3.70. The number of anilines is 1. The summed E-state index contributed by atoms with van der Waals surface area (Å²) in [5, 5.41) is 23.4. The molecule has 7 nitrogen and oxygen atoms in total. The SMILES string of the molecule is CN/C=C(\C=N)c1ccc2c(c1)C(Nc1cccc(CN(C)C)c1)CCn1nnc(C)c1-2. The van der Waals surface area contributed by atoms with Crippen molar-refractivity contribution in [3.63, 3.8) is 0 Å². The molecule has 0 spiro atoms. The lowest BCUT2D eigenvalue weighted by Gasteiger charge is -2.22. The number of allylic oxidation sites excluding steroid dienone is 1. The van der Waals surface area contributed by atoms with Crippen molar-refractivity contribution in [1.29, 1.82) is 5.41 Å². The molecule has 0 aliphatic carbocycles. The van der Waals surface area contributed by atoms with Crippen LogP contribution in [-0.4, -0.2) is 47.3 Å². The lowest BCUT2D eigenvalue weighted by molar-refractivity contribution is 0.402. The molecule has 0 saturated heterocycles. The Morgan fingerprint density at radius 3 is 2.84 bits per heavy atom. The molecule has 1 aromatic heterocycles. The van der Waals surface area contributed by atoms with Crippen LogP contribution in [0.25, 0.3) is 16.8 Å². The van der Waals surface area contributed by atoms with Gasteiger partial charge in [0.05, 0.1) is 17.4 Å². The van der Waals surface area contributed by atoms with Crippen molar-refractivity contribution < 1.29 is 0 Å². The molecular weight excluding hydrogens is 398 g/mol. The first-order valence-corrected chi connectivity index (χ1v) is 10.9. The molecule has 0 fully saturated rings. The van der Waals surface area contributed by atoms with Crippen molar-refractivity contribution in [2.75, 3.05) is 26.5 Å². The van der Waals surface area contributed by atoms with Gasteiger partial charge >= 0.3 is 0 Å². The van der Waals surface area contributed by atoms with Crippen LogP contribution < -0.4 is 10.6 Å². The third-order valence-electron chi connectivity index (χ3n) is 5.77. The predicted molar refractivity (Wildman–Crippen MR) is 131 cm³/mol. The van der Waals surface area contributed by atoms with Crippen molar-refractivity contribution in [2.45, 2.75) is 32.5 Å². The third-order valence-corrected chi connectivity index (χ3v) is 5.77. The average molecular weight is 430 g/mol. The fourth-order valence-corrected chi connectivity index (χ4v) is 4.38. The van der Waals surface area contributed by atoms with Crippen LogP contribution in [0, 0.1) is 12.3 Å². The van der Waals surface area contributed by atoms with Crippen LogP contribution in [0.3, 0.4) is 0 Å². The van der Waals surface area contributed by atoms with Crippen molar-refractivity contribution in [2.24, 2.45) is 0 Å². The van der Waals surface area contributed by atoms with Crippen molar-refractivity contribution in [3.8, 4) is 11.3 Å². The minimum Gasteiger partial charge on any atom is -0.393 e. The van der Waals surface area contributed by atoms with Crippen molar-refractivity contribution >= 4 is 17.5 Å². The van der Waals surface area contributed by atoms with Crippen molar-refractivity contribution in [1.82, 2.24) is 25.2 Å². The van der Waals surface area contributed by atoms with Gasteiger partial charge in [0.15, 0.2) is 0 Å². The smallest absolute Gasteiger partial charge is 0.0918 e. The van der Waals surface area contributed by atoms with E-state index in [4.69, 9.17) is 5.41 Å². The number of aromatic nitrogens is 3. The molecule has 3 aromatic rings. The normalized spacial score (nSPS) is 15.7. The zero-order valence-electron chi connectivity index (χ0n) is 19.2. The van der Waals surface area contributed by atoms with E-state index in [1.807, 2.05) is 24.9 Å². The Bertz CT molecular complexity index is 1140. The Labute approximate surface area is 189 Å². The van der Waals surface area contributed by atoms with Crippen LogP contribution in [0.2, 0.25) is 0 Å². The number of nitrogens with one attached hydrogen (secondary N) is 3. The van der Waals surface area contributed by atoms with Gasteiger partial charge < -0.3 is 20.9 Å². The fourth-order valence-electron chi connectivity index (χ4n) is 4.38. The van der Waals surface area contributed by atoms with E-state index in [2.05, 4.69) is 82.4 Å². The maximum absolute atomic E-state index is 7.84. The zero-order valence-corrected chi connectivity index (χ0v) is 19.2. The predicted octanol–water partition coefficient (Wildman–Crippen LogP) is 4.08. The first kappa shape index (κ1) is 21.8. The van der Waals surface area contributed by atoms with E-state index in [-0.39, 0.29) is 6.04 Å². The molecule has 0 saturated carbocycles. The molecule has 4 rings (SSSR count). The second-order valence-corrected chi connectivity index (χ2v) is 8.51. The number of fused-ring (bicyclic) bond motifs is 3. The third kappa shape index (κ3) is 4.43. The van der Waals surface area contributed by atoms with Gasteiger partial charge in [-0.15, -0.1) is 5.10 Å². The number of nitrogens with zero attached hydrogens (tertiary/aromatic N) is 4. The Morgan fingerprint density at radius 2 is 2.09 bits per heavy atom. The topological polar surface area (TPSA) is 81.9 Å². The number of benzene rings is 2. The maximum atomic E-state index is 7.84. The van der Waals surface area contributed by atoms with Gasteiger partial charge in [-0.05, 0) is 62.3 Å². The van der Waals surface area contributed by atoms with Crippen LogP contribution in [0.4, 0.5) is 5.69 Å². The van der Waals surface area contributed by atoms with E-state index in [1.165, 1.54) is 17.3 Å². The summed E-state index contributed by atoms with van der Waals surface area (Å²) < 4.78 is 2.01. The second kappa shape index (κ2) is 9.36. The quantitative estimate of drug-likeness (QED) is 0.493. The van der Waals surface area contributed by atoms with Crippen molar-refractivity contribution in [3.05, 3.63) is 71.0 Å². The molecule has 1 unspecified atom stereocenters. The van der Waals surface area contributed by atoms with E-state index in [0.717, 1.165) is 53.3 Å². The van der Waals surface area contributed by atoms with Crippen LogP contribution in [0.5, 0.6) is 0 Å². The highest BCUT2D eigenvalue weighted by atomic mass is 15.4. The molecule has 7 heteroatoms. The molecule has 3 N–H and O–H groups in total. The van der Waals surface area contributed by atoms with Gasteiger partial charge in [0.1, 0.15) is 0 Å². The highest BCUT2D eigenvalue weighted by Gasteiger charge is 2.26. The molecule has 2 heterocycles. The minimum absolute atomic E-state index is 0.113. The molecule has 0 radical (unpaired) electrons. The van der Waals surface area contributed by atoms with Gasteiger partial charge in [-0.25, -0.2) is 4.68 Å². The van der Waals surface area contributed by atoms with E-state index in [0.29, 0.717) is 0 Å². The summed E-state index contributed by atoms with van der Waals surface area (Å²) in [4.78, 5) is 2.17. The van der Waals surface area contributed by atoms with E-state index in [1.54, 1.807) is 0 Å². The van der Waals surface area contributed by atoms with Gasteiger partial charge in [-0.3, -0.25) is 0 Å². The number of rotatable bonds is 7. The largest absolute Gasteiger partial charge is 0.393 e. The van der Waals surface area contributed by atoms with E-state index < -0.39 is 0 Å². The Balaban J connectivity index is 1.77. The second-order valence-electron chi connectivity index (χ2n) is 8.51. The Morgan fingerprint density at radius 1 is 1.25 bits per heavy atom. The zero-order chi connectivity index (χ0) is 22.7. The maximum Gasteiger partial charge on any atom is 0.0918 e. The molecule has 32 heavy (non-hydrogen) atoms. The summed E-state index contributed by atoms with van der Waals surface area (Å²) in [7, 11) is 6.02. The van der Waals surface area contributed by atoms with Crippen LogP contribution in [0.1, 0.15) is 34.8 Å². The molecule has 1 atom stereocenters. The summed E-state index contributed by atoms with van der Waals surface area (Å²) in [5.74, 6) is 0. The van der Waals surface area contributed by atoms with Crippen LogP contribution in [-0.2, 0) is 13.1 Å². The molecule has 2 aromatic carbocycles. The standard InChI is InChI=1S/C25H31N7/c1-17-25-22-9-8-19(20(14-26)15-27-2)13-23(22)24(10-11-32(25)30-29-17)28-21-7-5-6-18(12-21)16-31(3)4/h5-9,12-15,24,26-28H,10-11,16H2,1-4H3/b20-15+,26-14?. The van der Waals surface area contributed by atoms with Gasteiger partial charge in [0, 0.05) is 49.4 Å². The molecule has 1 aliphatic rings. The number of hydrogen-bond acceptors (Lipinski definition) is 6. The first-order chi connectivity index (χ1) is 15.5. The summed E-state index contributed by atoms with van der Waals surface area (Å²) >= 11 is 0. The highest BCUT2D eigenvalue weighted by Crippen LogP contribution is 2.38. The monoisotopic (exact) mass is 429 g/mol. The lowest BCUT2D eigenvalue weighted by Crippen LogP contribution is -2.14. The van der Waals surface area contributed by atoms with Gasteiger partial charge in [-0.1, -0.05) is 29.5 Å². The van der Waals surface area contributed by atoms with Gasteiger partial charge in [0.25, 0.3) is 0 Å². The molecular formula is C25H31N7. The number of hydrogen-bond donors (Lipinski definition) is 3. The lowest BCUT2D eigenvalue weighted by atomic mass is 9.92. The van der Waals surface area contributed by atoms with E-state index in [9.17, 15) is 0 Å². The molecule has 0 amide bonds. The molecule has 0 bridgehead atoms. The highest BCUT2D eigenvalue weighted by molar-refractivity contribution is 6.08. The summed E-state index contributed by atoms with van der Waals surface area (Å²) in [6.07, 6.45) is 4.13. The minimum atomic E-state index is 0.113. The molecule has 166 valence electrons. The number of aryl methyl sites for hydroxylation is 2. The van der Waals surface area contributed by atoms with Crippen LogP contribution >= 0.6 is 0 Å². The summed E-state index contributed by atoms with van der Waals surface area (Å²) in [5.41, 5.74) is 8.60. The fraction of sp³-hybridized carbons (Fsp3) is 0.320. The molecule has 1 aliphatic heterocycles. The van der Waals surface area contributed by atoms with Gasteiger partial charge in [-0.2, -0.15) is 0 Å². The first-order valence-electron chi connectivity index (χ1n) is 10.9. The van der Waals surface area contributed by atoms with Gasteiger partial charge in [0.2, 0.25) is 0 Å². The van der Waals surface area contributed by atoms with Crippen LogP contribution in [0.15, 0.2) is 48.7 Å². The average Bonchev–Trinajstić information content (AvgIpc) is 3.06. The van der Waals surface area contributed by atoms with E-state index >= 15 is 0 Å².